The van der Waals surface area contributed by atoms with Crippen molar-refractivity contribution in [2.45, 2.75) is 0 Å². The molecule has 0 amide bonds. The third-order valence-electron chi connectivity index (χ3n) is 11.5. The average molecular weight is 740 g/mol. The van der Waals surface area contributed by atoms with E-state index < -0.39 is 0 Å². The van der Waals surface area contributed by atoms with Crippen LogP contribution in [0.5, 0.6) is 0 Å². The molecule has 0 saturated carbocycles. The van der Waals surface area contributed by atoms with Crippen LogP contribution in [0.2, 0.25) is 0 Å². The molecular formula is C56H37NO. The fraction of sp³-hybridized carbons (Fsp3) is 0. The molecule has 0 fully saturated rings. The van der Waals surface area contributed by atoms with E-state index in [0.717, 1.165) is 55.5 Å². The lowest BCUT2D eigenvalue weighted by molar-refractivity contribution is 0.673. The van der Waals surface area contributed by atoms with Crippen LogP contribution in [0.3, 0.4) is 0 Å². The lowest BCUT2D eigenvalue weighted by atomic mass is 9.97. The van der Waals surface area contributed by atoms with Crippen molar-refractivity contribution in [3.63, 3.8) is 0 Å². The Bertz CT molecular complexity index is 3250. The Hall–Kier alpha value is -7.68. The minimum Gasteiger partial charge on any atom is -0.455 e. The summed E-state index contributed by atoms with van der Waals surface area (Å²) in [6.07, 6.45) is 0. The Labute approximate surface area is 337 Å². The molecule has 11 rings (SSSR count). The molecule has 11 aromatic rings. The van der Waals surface area contributed by atoms with E-state index >= 15 is 0 Å². The van der Waals surface area contributed by atoms with Crippen molar-refractivity contribution >= 4 is 60.5 Å². The summed E-state index contributed by atoms with van der Waals surface area (Å²) in [4.78, 5) is 2.38. The fourth-order valence-corrected chi connectivity index (χ4v) is 8.57. The molecule has 1 heterocycles. The van der Waals surface area contributed by atoms with E-state index in [4.69, 9.17) is 4.42 Å². The highest BCUT2D eigenvalue weighted by Crippen LogP contribution is 2.44. The van der Waals surface area contributed by atoms with E-state index in [2.05, 4.69) is 229 Å². The summed E-state index contributed by atoms with van der Waals surface area (Å²) >= 11 is 0. The molecule has 272 valence electrons. The van der Waals surface area contributed by atoms with Gasteiger partial charge in [0.2, 0.25) is 0 Å². The molecule has 0 N–H and O–H groups in total. The summed E-state index contributed by atoms with van der Waals surface area (Å²) < 4.78 is 6.66. The van der Waals surface area contributed by atoms with Gasteiger partial charge >= 0.3 is 0 Å². The van der Waals surface area contributed by atoms with Gasteiger partial charge in [-0.1, -0.05) is 176 Å². The Morgan fingerprint density at radius 2 is 0.793 bits per heavy atom. The minimum absolute atomic E-state index is 0.882. The quantitative estimate of drug-likeness (QED) is 0.162. The van der Waals surface area contributed by atoms with Crippen LogP contribution >= 0.6 is 0 Å². The summed E-state index contributed by atoms with van der Waals surface area (Å²) in [7, 11) is 0. The van der Waals surface area contributed by atoms with Crippen LogP contribution in [0.1, 0.15) is 0 Å². The van der Waals surface area contributed by atoms with Crippen molar-refractivity contribution in [3.8, 4) is 44.5 Å². The van der Waals surface area contributed by atoms with Crippen molar-refractivity contribution in [2.75, 3.05) is 4.90 Å². The van der Waals surface area contributed by atoms with Crippen molar-refractivity contribution in [1.29, 1.82) is 0 Å². The molecule has 2 nitrogen and oxygen atoms in total. The van der Waals surface area contributed by atoms with Crippen LogP contribution in [-0.2, 0) is 0 Å². The molecular weight excluding hydrogens is 703 g/mol. The predicted molar refractivity (Wildman–Crippen MR) is 245 cm³/mol. The summed E-state index contributed by atoms with van der Waals surface area (Å²) in [6, 6.07) is 80.6. The number of fused-ring (bicyclic) bond motifs is 6. The summed E-state index contributed by atoms with van der Waals surface area (Å²) in [5, 5.41) is 7.06. The Balaban J connectivity index is 1.02. The van der Waals surface area contributed by atoms with Gasteiger partial charge in [0.15, 0.2) is 0 Å². The summed E-state index contributed by atoms with van der Waals surface area (Å²) in [5.74, 6) is 0. The third-order valence-corrected chi connectivity index (χ3v) is 11.5. The zero-order chi connectivity index (χ0) is 38.4. The molecule has 0 bridgehead atoms. The maximum Gasteiger partial charge on any atom is 0.143 e. The van der Waals surface area contributed by atoms with Crippen molar-refractivity contribution in [2.24, 2.45) is 0 Å². The fourth-order valence-electron chi connectivity index (χ4n) is 8.57. The molecule has 0 radical (unpaired) electrons. The van der Waals surface area contributed by atoms with Crippen LogP contribution < -0.4 is 4.90 Å². The molecule has 0 aliphatic heterocycles. The van der Waals surface area contributed by atoms with E-state index in [-0.39, 0.29) is 0 Å². The topological polar surface area (TPSA) is 16.4 Å². The van der Waals surface area contributed by atoms with E-state index in [1.165, 1.54) is 49.5 Å². The van der Waals surface area contributed by atoms with Crippen molar-refractivity contribution < 1.29 is 4.42 Å². The highest BCUT2D eigenvalue weighted by molar-refractivity contribution is 6.15. The number of hydrogen-bond donors (Lipinski definition) is 0. The maximum absolute atomic E-state index is 6.66. The van der Waals surface area contributed by atoms with Gasteiger partial charge in [-0.15, -0.1) is 0 Å². The molecule has 0 spiro atoms. The van der Waals surface area contributed by atoms with E-state index in [1.54, 1.807) is 0 Å². The molecule has 2 heteroatoms. The molecule has 0 aliphatic rings. The van der Waals surface area contributed by atoms with Gasteiger partial charge in [-0.3, -0.25) is 0 Å². The first-order chi connectivity index (χ1) is 28.7. The van der Waals surface area contributed by atoms with Gasteiger partial charge in [0, 0.05) is 33.1 Å². The van der Waals surface area contributed by atoms with Crippen LogP contribution in [0.15, 0.2) is 229 Å². The van der Waals surface area contributed by atoms with Crippen LogP contribution in [0.25, 0.3) is 88.0 Å². The van der Waals surface area contributed by atoms with Crippen molar-refractivity contribution in [1.82, 2.24) is 0 Å². The molecule has 0 saturated heterocycles. The molecule has 0 unspecified atom stereocenters. The highest BCUT2D eigenvalue weighted by atomic mass is 16.3. The van der Waals surface area contributed by atoms with E-state index in [9.17, 15) is 0 Å². The second-order valence-electron chi connectivity index (χ2n) is 14.9. The molecule has 0 aliphatic carbocycles. The second-order valence-corrected chi connectivity index (χ2v) is 14.9. The van der Waals surface area contributed by atoms with Gasteiger partial charge in [-0.05, 0) is 104 Å². The lowest BCUT2D eigenvalue weighted by Gasteiger charge is -2.28. The smallest absolute Gasteiger partial charge is 0.143 e. The first-order valence-electron chi connectivity index (χ1n) is 19.8. The Morgan fingerprint density at radius 1 is 0.293 bits per heavy atom. The first kappa shape index (κ1) is 33.6. The number of para-hydroxylation sites is 1. The van der Waals surface area contributed by atoms with Gasteiger partial charge < -0.3 is 9.32 Å². The molecule has 10 aromatic carbocycles. The van der Waals surface area contributed by atoms with Gasteiger partial charge in [0.25, 0.3) is 0 Å². The number of rotatable bonds is 7. The monoisotopic (exact) mass is 739 g/mol. The van der Waals surface area contributed by atoms with Crippen molar-refractivity contribution in [3.05, 3.63) is 224 Å². The van der Waals surface area contributed by atoms with Gasteiger partial charge in [0.1, 0.15) is 11.2 Å². The molecule has 58 heavy (non-hydrogen) atoms. The van der Waals surface area contributed by atoms with Gasteiger partial charge in [-0.25, -0.2) is 0 Å². The standard InChI is InChI=1S/C56H37NO/c1-2-11-38(12-3-1)39-21-23-40(24-22-39)41-25-31-46(32-26-41)57(47-33-27-44(28-34-47)49-19-10-15-42-13-4-6-16-48(42)49)54-20-9-8-17-50(54)45-30-35-52-53-36-29-43-14-5-7-18-51(43)56(53)58-55(52)37-45/h1-37H. The Kier molecular flexibility index (Phi) is 8.19. The zero-order valence-corrected chi connectivity index (χ0v) is 31.7. The number of nitrogens with zero attached hydrogens (tertiary/aromatic N) is 1. The average Bonchev–Trinajstić information content (AvgIpc) is 3.69. The molecule has 0 atom stereocenters. The van der Waals surface area contributed by atoms with Gasteiger partial charge in [0.05, 0.1) is 5.69 Å². The predicted octanol–water partition coefficient (Wildman–Crippen LogP) is 16.0. The minimum atomic E-state index is 0.882. The highest BCUT2D eigenvalue weighted by Gasteiger charge is 2.19. The zero-order valence-electron chi connectivity index (χ0n) is 31.7. The normalized spacial score (nSPS) is 11.4. The van der Waals surface area contributed by atoms with Crippen LogP contribution in [0.4, 0.5) is 17.1 Å². The number of furan rings is 1. The van der Waals surface area contributed by atoms with Gasteiger partial charge in [-0.2, -0.15) is 0 Å². The number of benzene rings is 10. The number of hydrogen-bond acceptors (Lipinski definition) is 2. The lowest BCUT2D eigenvalue weighted by Crippen LogP contribution is -2.11. The first-order valence-corrected chi connectivity index (χ1v) is 19.8. The largest absolute Gasteiger partial charge is 0.455 e. The Morgan fingerprint density at radius 3 is 1.52 bits per heavy atom. The van der Waals surface area contributed by atoms with E-state index in [0.29, 0.717) is 0 Å². The number of anilines is 3. The second kappa shape index (κ2) is 14.1. The summed E-state index contributed by atoms with van der Waals surface area (Å²) in [5.41, 5.74) is 14.5. The SMILES string of the molecule is c1ccc(-c2ccc(-c3ccc(N(c4ccc(-c5cccc6ccccc56)cc4)c4ccccc4-c4ccc5c(c4)oc4c6ccccc6ccc54)cc3)cc2)cc1. The molecule has 1 aromatic heterocycles. The van der Waals surface area contributed by atoms with E-state index in [1.807, 2.05) is 0 Å². The summed E-state index contributed by atoms with van der Waals surface area (Å²) in [6.45, 7) is 0. The maximum atomic E-state index is 6.66. The third kappa shape index (κ3) is 5.91. The van der Waals surface area contributed by atoms with Crippen LogP contribution in [-0.4, -0.2) is 0 Å². The van der Waals surface area contributed by atoms with Crippen LogP contribution in [0, 0.1) is 0 Å².